The first-order valence-electron chi connectivity index (χ1n) is 8.53. The Morgan fingerprint density at radius 1 is 1.15 bits per heavy atom. The van der Waals surface area contributed by atoms with Gasteiger partial charge in [-0.15, -0.1) is 0 Å². The number of amides is 2. The van der Waals surface area contributed by atoms with Crippen LogP contribution in [0.5, 0.6) is 0 Å². The van der Waals surface area contributed by atoms with Crippen LogP contribution < -0.4 is 10.2 Å². The fraction of sp³-hybridized carbons (Fsp3) is 0.263. The van der Waals surface area contributed by atoms with E-state index in [0.29, 0.717) is 18.2 Å². The van der Waals surface area contributed by atoms with Crippen LogP contribution in [-0.2, 0) is 0 Å². The number of para-hydroxylation sites is 1. The summed E-state index contributed by atoms with van der Waals surface area (Å²) < 4.78 is 1.09. The Kier molecular flexibility index (Phi) is 4.70. The molecule has 2 amide bonds. The van der Waals surface area contributed by atoms with Crippen LogP contribution in [0.15, 0.2) is 42.5 Å². The molecule has 3 aromatic rings. The summed E-state index contributed by atoms with van der Waals surface area (Å²) >= 11 is 7.78. The highest BCUT2D eigenvalue weighted by atomic mass is 35.5. The third kappa shape index (κ3) is 3.48. The van der Waals surface area contributed by atoms with Crippen LogP contribution in [0, 0.1) is 6.92 Å². The van der Waals surface area contributed by atoms with Gasteiger partial charge in [0.2, 0.25) is 0 Å². The second-order valence-corrected chi connectivity index (χ2v) is 7.78. The second-order valence-electron chi connectivity index (χ2n) is 6.35. The van der Waals surface area contributed by atoms with Crippen molar-refractivity contribution >= 4 is 50.0 Å². The number of aromatic nitrogens is 1. The third-order valence-electron chi connectivity index (χ3n) is 4.52. The average Bonchev–Trinajstić information content (AvgIpc) is 3.03. The third-order valence-corrected chi connectivity index (χ3v) is 5.77. The lowest BCUT2D eigenvalue weighted by Gasteiger charge is -2.36. The predicted molar refractivity (Wildman–Crippen MR) is 109 cm³/mol. The Balaban J connectivity index is 1.39. The number of benzene rings is 2. The predicted octanol–water partition coefficient (Wildman–Crippen LogP) is 4.61. The number of hydrogen-bond donors (Lipinski definition) is 1. The first-order chi connectivity index (χ1) is 12.6. The molecule has 0 unspecified atom stereocenters. The number of anilines is 2. The average molecular weight is 387 g/mol. The highest BCUT2D eigenvalue weighted by molar-refractivity contribution is 7.22. The molecule has 1 fully saturated rings. The summed E-state index contributed by atoms with van der Waals surface area (Å²) in [7, 11) is 0. The van der Waals surface area contributed by atoms with Crippen LogP contribution in [0.4, 0.5) is 15.6 Å². The Bertz CT molecular complexity index is 950. The molecule has 1 aliphatic rings. The van der Waals surface area contributed by atoms with E-state index in [0.717, 1.165) is 34.0 Å². The Morgan fingerprint density at radius 2 is 1.92 bits per heavy atom. The molecule has 1 aromatic heterocycles. The summed E-state index contributed by atoms with van der Waals surface area (Å²) in [5.41, 5.74) is 3.13. The number of rotatable bonds is 2. The maximum absolute atomic E-state index is 12.6. The molecule has 0 radical (unpaired) electrons. The van der Waals surface area contributed by atoms with Gasteiger partial charge >= 0.3 is 6.03 Å². The van der Waals surface area contributed by atoms with E-state index in [2.05, 4.69) is 28.2 Å². The SMILES string of the molecule is Cc1ccc2nc(NC(=O)N3CCN(c4ccccc4Cl)CC3)sc2c1. The van der Waals surface area contributed by atoms with Gasteiger partial charge in [0.05, 0.1) is 20.9 Å². The molecule has 2 aromatic carbocycles. The lowest BCUT2D eigenvalue weighted by Crippen LogP contribution is -2.50. The van der Waals surface area contributed by atoms with Crippen molar-refractivity contribution in [2.24, 2.45) is 0 Å². The smallest absolute Gasteiger partial charge is 0.323 e. The number of thiazole rings is 1. The molecular weight excluding hydrogens is 368 g/mol. The number of fused-ring (bicyclic) bond motifs is 1. The van der Waals surface area contributed by atoms with E-state index in [4.69, 9.17) is 11.6 Å². The molecule has 1 N–H and O–H groups in total. The van der Waals surface area contributed by atoms with E-state index in [1.165, 1.54) is 16.9 Å². The maximum Gasteiger partial charge on any atom is 0.323 e. The van der Waals surface area contributed by atoms with Crippen LogP contribution in [-0.4, -0.2) is 42.1 Å². The number of piperazine rings is 1. The molecule has 0 bridgehead atoms. The van der Waals surface area contributed by atoms with Crippen molar-refractivity contribution in [3.05, 3.63) is 53.1 Å². The van der Waals surface area contributed by atoms with E-state index in [1.54, 1.807) is 0 Å². The number of nitrogens with zero attached hydrogens (tertiary/aromatic N) is 3. The maximum atomic E-state index is 12.6. The molecule has 4 rings (SSSR count). The molecule has 1 saturated heterocycles. The number of halogens is 1. The van der Waals surface area contributed by atoms with Crippen LogP contribution in [0.2, 0.25) is 5.02 Å². The van der Waals surface area contributed by atoms with Crippen molar-refractivity contribution in [1.29, 1.82) is 0 Å². The number of aryl methyl sites for hydroxylation is 1. The molecule has 2 heterocycles. The van der Waals surface area contributed by atoms with Gasteiger partial charge in [0, 0.05) is 26.2 Å². The summed E-state index contributed by atoms with van der Waals surface area (Å²) in [6.07, 6.45) is 0. The van der Waals surface area contributed by atoms with Gasteiger partial charge in [0.15, 0.2) is 5.13 Å². The van der Waals surface area contributed by atoms with Gasteiger partial charge < -0.3 is 9.80 Å². The zero-order valence-corrected chi connectivity index (χ0v) is 16.0. The van der Waals surface area contributed by atoms with Crippen molar-refractivity contribution in [2.75, 3.05) is 36.4 Å². The van der Waals surface area contributed by atoms with Crippen LogP contribution >= 0.6 is 22.9 Å². The summed E-state index contributed by atoms with van der Waals surface area (Å²) in [4.78, 5) is 21.1. The monoisotopic (exact) mass is 386 g/mol. The van der Waals surface area contributed by atoms with E-state index in [1.807, 2.05) is 41.3 Å². The first-order valence-corrected chi connectivity index (χ1v) is 9.72. The normalized spacial score (nSPS) is 14.7. The summed E-state index contributed by atoms with van der Waals surface area (Å²) in [5.74, 6) is 0. The van der Waals surface area contributed by atoms with Gasteiger partial charge in [-0.2, -0.15) is 0 Å². The van der Waals surface area contributed by atoms with Crippen molar-refractivity contribution in [1.82, 2.24) is 9.88 Å². The summed E-state index contributed by atoms with van der Waals surface area (Å²) in [6, 6.07) is 13.8. The van der Waals surface area contributed by atoms with Gasteiger partial charge in [-0.1, -0.05) is 41.1 Å². The summed E-state index contributed by atoms with van der Waals surface area (Å²) in [5, 5.41) is 4.32. The summed E-state index contributed by atoms with van der Waals surface area (Å²) in [6.45, 7) is 4.88. The van der Waals surface area contributed by atoms with Gasteiger partial charge in [-0.3, -0.25) is 5.32 Å². The molecule has 0 atom stereocenters. The highest BCUT2D eigenvalue weighted by Gasteiger charge is 2.23. The number of carbonyl (C=O) groups excluding carboxylic acids is 1. The van der Waals surface area contributed by atoms with Crippen LogP contribution in [0.25, 0.3) is 10.2 Å². The Morgan fingerprint density at radius 3 is 2.69 bits per heavy atom. The largest absolute Gasteiger partial charge is 0.367 e. The number of carbonyl (C=O) groups is 1. The van der Waals surface area contributed by atoms with Crippen molar-refractivity contribution in [3.8, 4) is 0 Å². The van der Waals surface area contributed by atoms with E-state index in [-0.39, 0.29) is 6.03 Å². The quantitative estimate of drug-likeness (QED) is 0.699. The fourth-order valence-electron chi connectivity index (χ4n) is 3.11. The standard InChI is InChI=1S/C19H19ClN4OS/c1-13-6-7-15-17(12-13)26-18(21-15)22-19(25)24-10-8-23(9-11-24)16-5-3-2-4-14(16)20/h2-7,12H,8-11H2,1H3,(H,21,22,25). The lowest BCUT2D eigenvalue weighted by atomic mass is 10.2. The molecule has 134 valence electrons. The van der Waals surface area contributed by atoms with E-state index >= 15 is 0 Å². The zero-order valence-electron chi connectivity index (χ0n) is 14.4. The van der Waals surface area contributed by atoms with Gasteiger partial charge in [0.1, 0.15) is 0 Å². The number of urea groups is 1. The van der Waals surface area contributed by atoms with Crippen molar-refractivity contribution in [3.63, 3.8) is 0 Å². The topological polar surface area (TPSA) is 48.5 Å². The lowest BCUT2D eigenvalue weighted by molar-refractivity contribution is 0.208. The molecule has 7 heteroatoms. The minimum Gasteiger partial charge on any atom is -0.367 e. The molecular formula is C19H19ClN4OS. The van der Waals surface area contributed by atoms with Gasteiger partial charge in [0.25, 0.3) is 0 Å². The van der Waals surface area contributed by atoms with E-state index < -0.39 is 0 Å². The molecule has 0 spiro atoms. The molecule has 5 nitrogen and oxygen atoms in total. The van der Waals surface area contributed by atoms with Crippen molar-refractivity contribution < 1.29 is 4.79 Å². The van der Waals surface area contributed by atoms with Crippen LogP contribution in [0.3, 0.4) is 0 Å². The molecule has 0 saturated carbocycles. The minimum atomic E-state index is -0.0976. The van der Waals surface area contributed by atoms with Gasteiger partial charge in [-0.25, -0.2) is 9.78 Å². The van der Waals surface area contributed by atoms with Crippen molar-refractivity contribution in [2.45, 2.75) is 6.92 Å². The second kappa shape index (κ2) is 7.13. The highest BCUT2D eigenvalue weighted by Crippen LogP contribution is 2.28. The number of hydrogen-bond acceptors (Lipinski definition) is 4. The minimum absolute atomic E-state index is 0.0976. The van der Waals surface area contributed by atoms with Gasteiger partial charge in [-0.05, 0) is 36.8 Å². The zero-order chi connectivity index (χ0) is 18.1. The first kappa shape index (κ1) is 17.1. The Hall–Kier alpha value is -2.31. The number of nitrogens with one attached hydrogen (secondary N) is 1. The Labute approximate surface area is 161 Å². The molecule has 26 heavy (non-hydrogen) atoms. The fourth-order valence-corrected chi connectivity index (χ4v) is 4.32. The van der Waals surface area contributed by atoms with E-state index in [9.17, 15) is 4.79 Å². The molecule has 1 aliphatic heterocycles. The molecule has 0 aliphatic carbocycles. The van der Waals surface area contributed by atoms with Crippen LogP contribution in [0.1, 0.15) is 5.56 Å².